The van der Waals surface area contributed by atoms with E-state index < -0.39 is 6.04 Å². The summed E-state index contributed by atoms with van der Waals surface area (Å²) in [5.41, 5.74) is 7.72. The number of halogens is 1. The minimum Gasteiger partial charge on any atom is -0.459 e. The number of amides is 2. The number of benzene rings is 1. The fourth-order valence-electron chi connectivity index (χ4n) is 2.91. The maximum absolute atomic E-state index is 12.8. The molecule has 1 aliphatic heterocycles. The van der Waals surface area contributed by atoms with E-state index in [1.54, 1.807) is 17.0 Å². The zero-order valence-corrected chi connectivity index (χ0v) is 14.8. The Hall–Kier alpha value is -2.31. The number of nitrogens with two attached hydrogens (primary N) is 1. The van der Waals surface area contributed by atoms with Crippen molar-refractivity contribution in [2.24, 2.45) is 5.73 Å². The molecular formula is C18H22ClN3O3. The van der Waals surface area contributed by atoms with Crippen molar-refractivity contribution >= 4 is 24.2 Å². The second kappa shape index (κ2) is 8.18. The predicted octanol–water partition coefficient (Wildman–Crippen LogP) is 1.73. The second-order valence-electron chi connectivity index (χ2n) is 6.04. The Morgan fingerprint density at radius 2 is 2.00 bits per heavy atom. The molecule has 1 unspecified atom stereocenters. The normalized spacial score (nSPS) is 17.2. The number of fused-ring (bicyclic) bond motifs is 1. The minimum absolute atomic E-state index is 0. The highest BCUT2D eigenvalue weighted by Gasteiger charge is 2.36. The summed E-state index contributed by atoms with van der Waals surface area (Å²) in [7, 11) is 0. The zero-order chi connectivity index (χ0) is 17.1. The van der Waals surface area contributed by atoms with E-state index in [-0.39, 0.29) is 36.0 Å². The van der Waals surface area contributed by atoms with Gasteiger partial charge in [0, 0.05) is 25.6 Å². The quantitative estimate of drug-likeness (QED) is 0.865. The molecule has 2 amide bonds. The van der Waals surface area contributed by atoms with Gasteiger partial charge in [-0.3, -0.25) is 9.59 Å². The Morgan fingerprint density at radius 3 is 2.64 bits per heavy atom. The first-order valence-electron chi connectivity index (χ1n) is 8.02. The largest absolute Gasteiger partial charge is 0.459 e. The van der Waals surface area contributed by atoms with Crippen molar-refractivity contribution in [3.8, 4) is 0 Å². The van der Waals surface area contributed by atoms with Crippen LogP contribution >= 0.6 is 12.4 Å². The van der Waals surface area contributed by atoms with E-state index in [2.05, 4.69) is 5.32 Å². The molecule has 0 saturated carbocycles. The van der Waals surface area contributed by atoms with Crippen LogP contribution in [0.1, 0.15) is 28.6 Å². The van der Waals surface area contributed by atoms with Crippen molar-refractivity contribution in [1.29, 1.82) is 0 Å². The van der Waals surface area contributed by atoms with Crippen molar-refractivity contribution in [3.63, 3.8) is 0 Å². The number of nitrogens with zero attached hydrogens (tertiary/aromatic N) is 1. The molecule has 2 atom stereocenters. The number of hydrogen-bond donors (Lipinski definition) is 2. The monoisotopic (exact) mass is 363 g/mol. The highest BCUT2D eigenvalue weighted by atomic mass is 35.5. The lowest BCUT2D eigenvalue weighted by Gasteiger charge is -2.36. The van der Waals surface area contributed by atoms with Crippen molar-refractivity contribution in [2.45, 2.75) is 32.0 Å². The van der Waals surface area contributed by atoms with E-state index in [4.69, 9.17) is 10.2 Å². The molecule has 0 aliphatic carbocycles. The summed E-state index contributed by atoms with van der Waals surface area (Å²) in [6.45, 7) is 2.57. The van der Waals surface area contributed by atoms with Gasteiger partial charge in [0.15, 0.2) is 5.76 Å². The van der Waals surface area contributed by atoms with Crippen LogP contribution in [0.15, 0.2) is 47.1 Å². The first-order chi connectivity index (χ1) is 11.6. The minimum atomic E-state index is -0.577. The Bertz CT molecular complexity index is 733. The molecule has 25 heavy (non-hydrogen) atoms. The highest BCUT2D eigenvalue weighted by Crippen LogP contribution is 2.25. The van der Waals surface area contributed by atoms with E-state index in [1.807, 2.05) is 31.2 Å². The fraction of sp³-hybridized carbons (Fsp3) is 0.333. The average molecular weight is 364 g/mol. The van der Waals surface area contributed by atoms with Crippen LogP contribution in [-0.4, -0.2) is 35.3 Å². The molecule has 2 aromatic rings. The second-order valence-corrected chi connectivity index (χ2v) is 6.04. The molecule has 1 aromatic heterocycles. The topological polar surface area (TPSA) is 88.6 Å². The molecule has 1 aliphatic rings. The predicted molar refractivity (Wildman–Crippen MR) is 96.4 cm³/mol. The van der Waals surface area contributed by atoms with E-state index in [0.717, 1.165) is 11.1 Å². The van der Waals surface area contributed by atoms with Crippen molar-refractivity contribution < 1.29 is 14.0 Å². The number of carbonyl (C=O) groups is 2. The maximum Gasteiger partial charge on any atom is 0.290 e. The summed E-state index contributed by atoms with van der Waals surface area (Å²) in [6.07, 6.45) is 1.93. The molecule has 6 nitrogen and oxygen atoms in total. The van der Waals surface area contributed by atoms with Gasteiger partial charge in [-0.25, -0.2) is 0 Å². The Morgan fingerprint density at radius 1 is 1.28 bits per heavy atom. The molecule has 0 fully saturated rings. The third-order valence-corrected chi connectivity index (χ3v) is 4.29. The first kappa shape index (κ1) is 19.0. The Balaban J connectivity index is 0.00000225. The zero-order valence-electron chi connectivity index (χ0n) is 14.0. The number of hydrogen-bond acceptors (Lipinski definition) is 4. The molecule has 7 heteroatoms. The van der Waals surface area contributed by atoms with Crippen molar-refractivity contribution in [1.82, 2.24) is 10.2 Å². The summed E-state index contributed by atoms with van der Waals surface area (Å²) < 4.78 is 5.22. The lowest BCUT2D eigenvalue weighted by Crippen LogP contribution is -2.54. The smallest absolute Gasteiger partial charge is 0.290 e. The summed E-state index contributed by atoms with van der Waals surface area (Å²) in [5.74, 6) is -0.239. The van der Waals surface area contributed by atoms with E-state index >= 15 is 0 Å². The summed E-state index contributed by atoms with van der Waals surface area (Å²) in [4.78, 5) is 27.0. The van der Waals surface area contributed by atoms with Crippen LogP contribution in [0.5, 0.6) is 0 Å². The standard InChI is InChI=1S/C18H21N3O3.ClH/c1-12(10-19)20-17(22)15-9-13-5-2-3-6-14(13)11-21(15)18(23)16-7-4-8-24-16;/h2-8,12,15H,9-11,19H2,1H3,(H,20,22);1H/t12-,15?;/m0./s1. The van der Waals surface area contributed by atoms with Crippen LogP contribution in [-0.2, 0) is 17.8 Å². The van der Waals surface area contributed by atoms with Gasteiger partial charge >= 0.3 is 0 Å². The lowest BCUT2D eigenvalue weighted by atomic mass is 9.93. The SMILES string of the molecule is C[C@@H](CN)NC(=O)C1Cc2ccccc2CN1C(=O)c1ccco1.Cl. The summed E-state index contributed by atoms with van der Waals surface area (Å²) in [5, 5.41) is 2.87. The van der Waals surface area contributed by atoms with Crippen molar-refractivity contribution in [2.75, 3.05) is 6.54 Å². The lowest BCUT2D eigenvalue weighted by molar-refractivity contribution is -0.126. The first-order valence-corrected chi connectivity index (χ1v) is 8.02. The summed E-state index contributed by atoms with van der Waals surface area (Å²) >= 11 is 0. The van der Waals surface area contributed by atoms with Crippen LogP contribution in [0.4, 0.5) is 0 Å². The van der Waals surface area contributed by atoms with Gasteiger partial charge in [0.1, 0.15) is 6.04 Å². The number of nitrogens with one attached hydrogen (secondary N) is 1. The van der Waals surface area contributed by atoms with Crippen molar-refractivity contribution in [3.05, 3.63) is 59.5 Å². The van der Waals surface area contributed by atoms with Gasteiger partial charge in [-0.15, -0.1) is 12.4 Å². The van der Waals surface area contributed by atoms with Gasteiger partial charge in [-0.1, -0.05) is 24.3 Å². The van der Waals surface area contributed by atoms with Gasteiger partial charge < -0.3 is 20.4 Å². The third kappa shape index (κ3) is 4.03. The van der Waals surface area contributed by atoms with Crippen LogP contribution in [0.3, 0.4) is 0 Å². The molecule has 0 bridgehead atoms. The van der Waals surface area contributed by atoms with Gasteiger partial charge in [0.25, 0.3) is 5.91 Å². The fourth-order valence-corrected chi connectivity index (χ4v) is 2.91. The van der Waals surface area contributed by atoms with E-state index in [1.165, 1.54) is 6.26 Å². The molecule has 1 aromatic carbocycles. The number of furan rings is 1. The number of rotatable bonds is 4. The molecular weight excluding hydrogens is 342 g/mol. The summed E-state index contributed by atoms with van der Waals surface area (Å²) in [6, 6.07) is 10.4. The molecule has 134 valence electrons. The maximum atomic E-state index is 12.8. The molecule has 3 rings (SSSR count). The third-order valence-electron chi connectivity index (χ3n) is 4.29. The van der Waals surface area contributed by atoms with Gasteiger partial charge in [-0.05, 0) is 30.2 Å². The Labute approximate surface area is 152 Å². The van der Waals surface area contributed by atoms with Crippen LogP contribution in [0.2, 0.25) is 0 Å². The van der Waals surface area contributed by atoms with Crippen LogP contribution in [0.25, 0.3) is 0 Å². The molecule has 0 radical (unpaired) electrons. The molecule has 3 N–H and O–H groups in total. The average Bonchev–Trinajstić information content (AvgIpc) is 3.14. The Kier molecular flexibility index (Phi) is 6.22. The number of carbonyl (C=O) groups excluding carboxylic acids is 2. The van der Waals surface area contributed by atoms with Gasteiger partial charge in [0.2, 0.25) is 5.91 Å². The van der Waals surface area contributed by atoms with Crippen LogP contribution in [0, 0.1) is 0 Å². The molecule has 0 saturated heterocycles. The van der Waals surface area contributed by atoms with Gasteiger partial charge in [-0.2, -0.15) is 0 Å². The molecule has 2 heterocycles. The van der Waals surface area contributed by atoms with Gasteiger partial charge in [0.05, 0.1) is 6.26 Å². The van der Waals surface area contributed by atoms with Crippen LogP contribution < -0.4 is 11.1 Å². The van der Waals surface area contributed by atoms with E-state index in [9.17, 15) is 9.59 Å². The van der Waals surface area contributed by atoms with E-state index in [0.29, 0.717) is 19.5 Å². The highest BCUT2D eigenvalue weighted by molar-refractivity contribution is 5.96. The molecule has 0 spiro atoms.